The highest BCUT2D eigenvalue weighted by Crippen LogP contribution is 2.20. The van der Waals surface area contributed by atoms with Crippen molar-refractivity contribution in [3.8, 4) is 0 Å². The molecule has 0 radical (unpaired) electrons. The molecule has 0 aliphatic carbocycles. The Kier molecular flexibility index (Phi) is 5.49. The van der Waals surface area contributed by atoms with Crippen LogP contribution < -0.4 is 0 Å². The van der Waals surface area contributed by atoms with E-state index in [9.17, 15) is 0 Å². The van der Waals surface area contributed by atoms with Gasteiger partial charge in [0.15, 0.2) is 0 Å². The average Bonchev–Trinajstić information content (AvgIpc) is 2.78. The minimum absolute atomic E-state index is 0. The van der Waals surface area contributed by atoms with Crippen molar-refractivity contribution in [1.82, 2.24) is 9.55 Å². The second-order valence-corrected chi connectivity index (χ2v) is 6.26. The first-order chi connectivity index (χ1) is 10.1. The van der Waals surface area contributed by atoms with Crippen molar-refractivity contribution in [1.29, 1.82) is 0 Å². The lowest BCUT2D eigenvalue weighted by Gasteiger charge is -2.11. The van der Waals surface area contributed by atoms with E-state index in [0.29, 0.717) is 5.92 Å². The monoisotopic (exact) mass is 334 g/mol. The molecule has 1 heterocycles. The fourth-order valence-corrected chi connectivity index (χ4v) is 2.72. The van der Waals surface area contributed by atoms with Gasteiger partial charge in [0.1, 0.15) is 5.82 Å². The molecule has 0 fully saturated rings. The molecule has 1 aromatic heterocycles. The van der Waals surface area contributed by atoms with Crippen LogP contribution in [0.4, 0.5) is 0 Å². The lowest BCUT2D eigenvalue weighted by Crippen LogP contribution is -2.08. The van der Waals surface area contributed by atoms with Crippen LogP contribution in [-0.2, 0) is 13.0 Å². The summed E-state index contributed by atoms with van der Waals surface area (Å²) < 4.78 is 2.32. The fraction of sp³-hybridized carbons (Fsp3) is 0.278. The quantitative estimate of drug-likeness (QED) is 0.628. The van der Waals surface area contributed by atoms with Gasteiger partial charge in [-0.2, -0.15) is 0 Å². The zero-order valence-electron chi connectivity index (χ0n) is 12.8. The number of para-hydroxylation sites is 2. The summed E-state index contributed by atoms with van der Waals surface area (Å²) in [6, 6.07) is 16.4. The number of imidazole rings is 1. The van der Waals surface area contributed by atoms with Crippen LogP contribution in [0.5, 0.6) is 0 Å². The third kappa shape index (κ3) is 3.63. The minimum Gasteiger partial charge on any atom is -0.323 e. The van der Waals surface area contributed by atoms with Gasteiger partial charge < -0.3 is 4.57 Å². The van der Waals surface area contributed by atoms with Gasteiger partial charge in [0.25, 0.3) is 0 Å². The Morgan fingerprint density at radius 3 is 2.41 bits per heavy atom. The molecule has 116 valence electrons. The summed E-state index contributed by atoms with van der Waals surface area (Å²) in [4.78, 5) is 4.80. The van der Waals surface area contributed by atoms with E-state index in [1.165, 1.54) is 11.1 Å². The lowest BCUT2D eigenvalue weighted by molar-refractivity contribution is 0.595. The average molecular weight is 335 g/mol. The Morgan fingerprint density at radius 2 is 1.73 bits per heavy atom. The number of rotatable bonds is 4. The van der Waals surface area contributed by atoms with Gasteiger partial charge >= 0.3 is 0 Å². The van der Waals surface area contributed by atoms with Crippen LogP contribution in [-0.4, -0.2) is 9.55 Å². The first kappa shape index (κ1) is 16.9. The number of nitrogens with zero attached hydrogens (tertiary/aromatic N) is 2. The van der Waals surface area contributed by atoms with E-state index in [2.05, 4.69) is 48.7 Å². The largest absolute Gasteiger partial charge is 0.323 e. The van der Waals surface area contributed by atoms with E-state index in [1.807, 2.05) is 18.2 Å². The van der Waals surface area contributed by atoms with Gasteiger partial charge in [-0.3, -0.25) is 0 Å². The van der Waals surface area contributed by atoms with E-state index < -0.39 is 0 Å². The summed E-state index contributed by atoms with van der Waals surface area (Å²) >= 11 is 5.97. The Labute approximate surface area is 142 Å². The third-order valence-corrected chi connectivity index (χ3v) is 3.83. The number of halogens is 2. The van der Waals surface area contributed by atoms with Crippen LogP contribution in [0.2, 0.25) is 5.02 Å². The molecule has 0 aliphatic heterocycles. The molecular weight excluding hydrogens is 315 g/mol. The molecular formula is C18H20Cl2N2. The smallest absolute Gasteiger partial charge is 0.110 e. The van der Waals surface area contributed by atoms with Crippen LogP contribution in [0, 0.1) is 5.92 Å². The van der Waals surface area contributed by atoms with Crippen molar-refractivity contribution in [2.75, 3.05) is 0 Å². The maximum atomic E-state index is 5.97. The van der Waals surface area contributed by atoms with E-state index in [-0.39, 0.29) is 12.4 Å². The van der Waals surface area contributed by atoms with Gasteiger partial charge in [0.2, 0.25) is 0 Å². The van der Waals surface area contributed by atoms with Crippen molar-refractivity contribution in [2.45, 2.75) is 26.8 Å². The number of fused-ring (bicyclic) bond motifs is 1. The lowest BCUT2D eigenvalue weighted by atomic mass is 10.1. The molecule has 0 bridgehead atoms. The molecule has 0 saturated heterocycles. The number of aromatic nitrogens is 2. The van der Waals surface area contributed by atoms with Crippen molar-refractivity contribution in [2.24, 2.45) is 5.92 Å². The normalized spacial score (nSPS) is 10.9. The van der Waals surface area contributed by atoms with Crippen LogP contribution >= 0.6 is 24.0 Å². The number of hydrogen-bond acceptors (Lipinski definition) is 1. The SMILES string of the molecule is CC(C)Cc1nc2ccccc2n1Cc1ccc(Cl)cc1.Cl. The minimum atomic E-state index is 0. The van der Waals surface area contributed by atoms with Crippen molar-refractivity contribution in [3.05, 3.63) is 64.9 Å². The second-order valence-electron chi connectivity index (χ2n) is 5.83. The predicted octanol–water partition coefficient (Wildman–Crippen LogP) is 5.36. The molecule has 0 atom stereocenters. The topological polar surface area (TPSA) is 17.8 Å². The summed E-state index contributed by atoms with van der Waals surface area (Å²) in [6.45, 7) is 5.29. The molecule has 3 aromatic rings. The molecule has 0 saturated carbocycles. The molecule has 3 rings (SSSR count). The van der Waals surface area contributed by atoms with Crippen molar-refractivity contribution < 1.29 is 0 Å². The fourth-order valence-electron chi connectivity index (χ4n) is 2.60. The van der Waals surface area contributed by atoms with E-state index >= 15 is 0 Å². The van der Waals surface area contributed by atoms with E-state index in [1.54, 1.807) is 0 Å². The second kappa shape index (κ2) is 7.17. The Morgan fingerprint density at radius 1 is 1.05 bits per heavy atom. The third-order valence-electron chi connectivity index (χ3n) is 3.58. The zero-order valence-corrected chi connectivity index (χ0v) is 14.4. The maximum Gasteiger partial charge on any atom is 0.110 e. The van der Waals surface area contributed by atoms with Gasteiger partial charge in [0.05, 0.1) is 11.0 Å². The van der Waals surface area contributed by atoms with E-state index in [0.717, 1.165) is 29.3 Å². The van der Waals surface area contributed by atoms with Gasteiger partial charge in [0, 0.05) is 18.0 Å². The molecule has 2 nitrogen and oxygen atoms in total. The summed E-state index contributed by atoms with van der Waals surface area (Å²) in [5.74, 6) is 1.74. The van der Waals surface area contributed by atoms with E-state index in [4.69, 9.17) is 16.6 Å². The zero-order chi connectivity index (χ0) is 14.8. The molecule has 0 unspecified atom stereocenters. The number of hydrogen-bond donors (Lipinski definition) is 0. The van der Waals surface area contributed by atoms with Crippen LogP contribution in [0.3, 0.4) is 0 Å². The van der Waals surface area contributed by atoms with Gasteiger partial charge in [-0.15, -0.1) is 12.4 Å². The van der Waals surface area contributed by atoms with Crippen molar-refractivity contribution >= 4 is 35.0 Å². The summed E-state index contributed by atoms with van der Waals surface area (Å²) in [6.07, 6.45) is 0.988. The Balaban J connectivity index is 0.00000176. The molecule has 4 heteroatoms. The first-order valence-corrected chi connectivity index (χ1v) is 7.70. The summed E-state index contributed by atoms with van der Waals surface area (Å²) in [7, 11) is 0. The molecule has 0 N–H and O–H groups in total. The molecule has 0 spiro atoms. The first-order valence-electron chi connectivity index (χ1n) is 7.32. The Hall–Kier alpha value is -1.51. The highest BCUT2D eigenvalue weighted by atomic mass is 35.5. The molecule has 2 aromatic carbocycles. The predicted molar refractivity (Wildman–Crippen MR) is 96.1 cm³/mol. The van der Waals surface area contributed by atoms with Crippen LogP contribution in [0.15, 0.2) is 48.5 Å². The highest BCUT2D eigenvalue weighted by Gasteiger charge is 2.12. The highest BCUT2D eigenvalue weighted by molar-refractivity contribution is 6.30. The Bertz CT molecular complexity index is 745. The number of benzene rings is 2. The summed E-state index contributed by atoms with van der Waals surface area (Å²) in [5, 5.41) is 0.775. The molecule has 0 amide bonds. The molecule has 22 heavy (non-hydrogen) atoms. The molecule has 0 aliphatic rings. The van der Waals surface area contributed by atoms with Crippen LogP contribution in [0.1, 0.15) is 25.2 Å². The van der Waals surface area contributed by atoms with Crippen molar-refractivity contribution in [3.63, 3.8) is 0 Å². The standard InChI is InChI=1S/C18H19ClN2.ClH/c1-13(2)11-18-20-16-5-3-4-6-17(16)21(18)12-14-7-9-15(19)10-8-14;/h3-10,13H,11-12H2,1-2H3;1H. The van der Waals surface area contributed by atoms with Gasteiger partial charge in [-0.25, -0.2) is 4.98 Å². The summed E-state index contributed by atoms with van der Waals surface area (Å²) in [5.41, 5.74) is 3.51. The van der Waals surface area contributed by atoms with Gasteiger partial charge in [-0.05, 0) is 35.7 Å². The van der Waals surface area contributed by atoms with Gasteiger partial charge in [-0.1, -0.05) is 49.7 Å². The van der Waals surface area contributed by atoms with Crippen LogP contribution in [0.25, 0.3) is 11.0 Å². The maximum absolute atomic E-state index is 5.97.